The molecule has 0 saturated heterocycles. The SMILES string of the molecule is C=C/C=C\C1=C(C)[S+](OC)CCCN1C(=O)c1ccc(CNC(=O)Nc2c(F)cccc2P)c(C)c1. The van der Waals surface area contributed by atoms with Gasteiger partial charge in [0.15, 0.2) is 16.1 Å². The van der Waals surface area contributed by atoms with E-state index in [2.05, 4.69) is 26.5 Å². The largest absolute Gasteiger partial charge is 0.334 e. The average molecular weight is 529 g/mol. The van der Waals surface area contributed by atoms with E-state index in [1.807, 2.05) is 38.1 Å². The monoisotopic (exact) mass is 528 g/mol. The number of halogens is 1. The molecule has 1 aliphatic heterocycles. The Bertz CT molecular complexity index is 1190. The fourth-order valence-electron chi connectivity index (χ4n) is 3.91. The number of hydrogen-bond acceptors (Lipinski definition) is 3. The normalized spacial score (nSPS) is 16.1. The highest BCUT2D eigenvalue weighted by Gasteiger charge is 2.33. The lowest BCUT2D eigenvalue weighted by atomic mass is 10.0. The summed E-state index contributed by atoms with van der Waals surface area (Å²) in [6.45, 7) is 8.48. The quantitative estimate of drug-likeness (QED) is 0.303. The van der Waals surface area contributed by atoms with E-state index in [0.717, 1.165) is 33.9 Å². The Balaban J connectivity index is 1.74. The van der Waals surface area contributed by atoms with Crippen molar-refractivity contribution in [3.05, 3.63) is 94.3 Å². The highest BCUT2D eigenvalue weighted by atomic mass is 32.2. The Labute approximate surface area is 217 Å². The summed E-state index contributed by atoms with van der Waals surface area (Å²) in [6, 6.07) is 9.48. The molecule has 0 saturated carbocycles. The second kappa shape index (κ2) is 12.9. The molecule has 2 N–H and O–H groups in total. The van der Waals surface area contributed by atoms with Crippen LogP contribution in [0.4, 0.5) is 14.9 Å². The van der Waals surface area contributed by atoms with Gasteiger partial charge in [0.05, 0.1) is 18.5 Å². The third-order valence-corrected chi connectivity index (χ3v) is 8.29. The standard InChI is InChI=1S/C27H31FN3O3PS/c1-5-6-10-23-19(3)36(34-4)15-8-14-31(23)26(32)20-12-13-21(18(2)16-20)17-29-27(33)30-25-22(28)9-7-11-24(25)35/h5-7,9-13,16H,1,8,14-15,17,35H2,2-4H3,(H-,29,30,33)/p+1/b10-6-. The molecule has 2 atom stereocenters. The minimum atomic E-state index is -0.513. The van der Waals surface area contributed by atoms with Crippen molar-refractivity contribution in [2.75, 3.05) is 24.7 Å². The molecule has 2 aromatic rings. The molecule has 0 aromatic heterocycles. The van der Waals surface area contributed by atoms with Crippen molar-refractivity contribution >= 4 is 43.3 Å². The van der Waals surface area contributed by atoms with E-state index in [0.29, 0.717) is 17.4 Å². The van der Waals surface area contributed by atoms with E-state index in [9.17, 15) is 14.0 Å². The fourth-order valence-corrected chi connectivity index (χ4v) is 5.76. The molecular formula is C27H32FN3O3PS+. The smallest absolute Gasteiger partial charge is 0.319 e. The van der Waals surface area contributed by atoms with Crippen molar-refractivity contribution in [2.45, 2.75) is 26.8 Å². The van der Waals surface area contributed by atoms with Crippen LogP contribution in [0.5, 0.6) is 0 Å². The van der Waals surface area contributed by atoms with Gasteiger partial charge in [-0.15, -0.1) is 9.24 Å². The van der Waals surface area contributed by atoms with Gasteiger partial charge in [0, 0.05) is 32.0 Å². The van der Waals surface area contributed by atoms with Crippen LogP contribution in [-0.4, -0.2) is 36.2 Å². The number of carbonyl (C=O) groups excluding carboxylic acids is 2. The van der Waals surface area contributed by atoms with Gasteiger partial charge in [0.25, 0.3) is 5.91 Å². The molecule has 1 heterocycles. The van der Waals surface area contributed by atoms with Gasteiger partial charge in [0.1, 0.15) is 11.6 Å². The van der Waals surface area contributed by atoms with Gasteiger partial charge in [0.2, 0.25) is 0 Å². The summed E-state index contributed by atoms with van der Waals surface area (Å²) in [5, 5.41) is 5.85. The molecule has 9 heteroatoms. The van der Waals surface area contributed by atoms with Crippen LogP contribution in [0.1, 0.15) is 34.8 Å². The lowest BCUT2D eigenvalue weighted by Gasteiger charge is -2.22. The van der Waals surface area contributed by atoms with Crippen LogP contribution in [0, 0.1) is 12.7 Å². The lowest BCUT2D eigenvalue weighted by Crippen LogP contribution is -2.31. The zero-order chi connectivity index (χ0) is 26.2. The van der Waals surface area contributed by atoms with Gasteiger partial charge in [-0.05, 0) is 47.6 Å². The molecule has 3 amide bonds. The first-order valence-corrected chi connectivity index (χ1v) is 13.4. The van der Waals surface area contributed by atoms with Gasteiger partial charge in [-0.2, -0.15) is 4.18 Å². The molecule has 3 rings (SSSR count). The summed E-state index contributed by atoms with van der Waals surface area (Å²) in [4.78, 5) is 28.7. The molecule has 0 aliphatic carbocycles. The van der Waals surface area contributed by atoms with E-state index in [1.54, 1.807) is 36.3 Å². The molecule has 0 radical (unpaired) electrons. The number of rotatable bonds is 7. The zero-order valence-electron chi connectivity index (χ0n) is 20.8. The van der Waals surface area contributed by atoms with Crippen molar-refractivity contribution in [2.24, 2.45) is 0 Å². The molecule has 2 unspecified atom stereocenters. The molecule has 0 spiro atoms. The number of benzene rings is 2. The maximum Gasteiger partial charge on any atom is 0.319 e. The Morgan fingerprint density at radius 1 is 1.28 bits per heavy atom. The molecular weight excluding hydrogens is 496 g/mol. The van der Waals surface area contributed by atoms with Crippen LogP contribution in [0.3, 0.4) is 0 Å². The summed E-state index contributed by atoms with van der Waals surface area (Å²) in [5.74, 6) is 0.274. The van der Waals surface area contributed by atoms with Gasteiger partial charge in [-0.25, -0.2) is 9.18 Å². The van der Waals surface area contributed by atoms with Crippen molar-refractivity contribution in [3.63, 3.8) is 0 Å². The Hall–Kier alpha value is -2.93. The van der Waals surface area contributed by atoms with Crippen molar-refractivity contribution in [3.8, 4) is 0 Å². The first kappa shape index (κ1) is 27.7. The fraction of sp³-hybridized carbons (Fsp3) is 0.259. The van der Waals surface area contributed by atoms with E-state index in [4.69, 9.17) is 4.18 Å². The third-order valence-electron chi connectivity index (χ3n) is 5.85. The highest BCUT2D eigenvalue weighted by Crippen LogP contribution is 2.27. The second-order valence-electron chi connectivity index (χ2n) is 8.22. The number of nitrogens with one attached hydrogen (secondary N) is 2. The van der Waals surface area contributed by atoms with Crippen LogP contribution in [0.25, 0.3) is 0 Å². The molecule has 36 heavy (non-hydrogen) atoms. The Morgan fingerprint density at radius 2 is 2.06 bits per heavy atom. The maximum atomic E-state index is 14.0. The van der Waals surface area contributed by atoms with Crippen LogP contribution in [0.15, 0.2) is 71.8 Å². The maximum absolute atomic E-state index is 14.0. The van der Waals surface area contributed by atoms with Gasteiger partial charge in [-0.3, -0.25) is 4.79 Å². The van der Waals surface area contributed by atoms with Crippen molar-refractivity contribution in [1.29, 1.82) is 0 Å². The summed E-state index contributed by atoms with van der Waals surface area (Å²) in [7, 11) is 4.10. The minimum absolute atomic E-state index is 0.0903. The van der Waals surface area contributed by atoms with Crippen molar-refractivity contribution in [1.82, 2.24) is 10.2 Å². The summed E-state index contributed by atoms with van der Waals surface area (Å²) < 4.78 is 19.7. The summed E-state index contributed by atoms with van der Waals surface area (Å²) in [5.41, 5.74) is 3.25. The number of nitrogens with zero attached hydrogens (tertiary/aromatic N) is 1. The number of urea groups is 1. The molecule has 6 nitrogen and oxygen atoms in total. The highest BCUT2D eigenvalue weighted by molar-refractivity contribution is 7.96. The van der Waals surface area contributed by atoms with Gasteiger partial charge >= 0.3 is 6.03 Å². The van der Waals surface area contributed by atoms with E-state index in [-0.39, 0.29) is 29.3 Å². The van der Waals surface area contributed by atoms with Crippen LogP contribution in [-0.2, 0) is 21.9 Å². The first-order valence-electron chi connectivity index (χ1n) is 11.5. The van der Waals surface area contributed by atoms with Crippen molar-refractivity contribution < 1.29 is 18.2 Å². The number of allylic oxidation sites excluding steroid dienone is 4. The average Bonchev–Trinajstić information content (AvgIpc) is 3.01. The van der Waals surface area contributed by atoms with Crippen LogP contribution < -0.4 is 15.9 Å². The number of hydrogen-bond donors (Lipinski definition) is 2. The molecule has 190 valence electrons. The summed E-state index contributed by atoms with van der Waals surface area (Å²) in [6.07, 6.45) is 6.26. The number of carbonyl (C=O) groups is 2. The predicted octanol–water partition coefficient (Wildman–Crippen LogP) is 4.96. The number of para-hydroxylation sites is 1. The third kappa shape index (κ3) is 6.64. The Kier molecular flexibility index (Phi) is 9.88. The molecule has 0 bridgehead atoms. The lowest BCUT2D eigenvalue weighted by molar-refractivity contribution is 0.0811. The van der Waals surface area contributed by atoms with Gasteiger partial charge in [-0.1, -0.05) is 36.9 Å². The van der Waals surface area contributed by atoms with Gasteiger partial charge < -0.3 is 15.5 Å². The number of aryl methyl sites for hydroxylation is 1. The number of amides is 3. The molecule has 2 aromatic carbocycles. The molecule has 1 aliphatic rings. The van der Waals surface area contributed by atoms with Crippen LogP contribution >= 0.6 is 9.24 Å². The topological polar surface area (TPSA) is 70.7 Å². The summed E-state index contributed by atoms with van der Waals surface area (Å²) >= 11 is -0.345. The second-order valence-corrected chi connectivity index (χ2v) is 10.9. The minimum Gasteiger partial charge on any atom is -0.334 e. The zero-order valence-corrected chi connectivity index (χ0v) is 22.7. The first-order chi connectivity index (χ1) is 17.3. The Morgan fingerprint density at radius 3 is 2.72 bits per heavy atom. The predicted molar refractivity (Wildman–Crippen MR) is 150 cm³/mol. The van der Waals surface area contributed by atoms with E-state index >= 15 is 0 Å². The molecule has 0 fully saturated rings. The van der Waals surface area contributed by atoms with E-state index < -0.39 is 11.8 Å². The number of anilines is 1. The van der Waals surface area contributed by atoms with E-state index in [1.165, 1.54) is 6.07 Å². The van der Waals surface area contributed by atoms with Crippen LogP contribution in [0.2, 0.25) is 0 Å².